The van der Waals surface area contributed by atoms with Gasteiger partial charge < -0.3 is 10.4 Å². The molecule has 5 heteroatoms. The number of carbonyl (C=O) groups is 2. The van der Waals surface area contributed by atoms with E-state index >= 15 is 0 Å². The van der Waals surface area contributed by atoms with Crippen LogP contribution in [0.4, 0.5) is 0 Å². The molecule has 0 bridgehead atoms. The van der Waals surface area contributed by atoms with Crippen LogP contribution in [-0.2, 0) is 9.59 Å². The van der Waals surface area contributed by atoms with Gasteiger partial charge in [-0.25, -0.2) is 0 Å². The van der Waals surface area contributed by atoms with Gasteiger partial charge in [0.1, 0.15) is 5.25 Å². The molecule has 4 nitrogen and oxygen atoms in total. The van der Waals surface area contributed by atoms with E-state index in [9.17, 15) is 9.59 Å². The molecule has 0 aromatic heterocycles. The average Bonchev–Trinajstić information content (AvgIpc) is 2.23. The minimum Gasteiger partial charge on any atom is -0.480 e. The van der Waals surface area contributed by atoms with Crippen LogP contribution in [0.2, 0.25) is 0 Å². The fraction of sp³-hybridized carbons (Fsp3) is 0.833. The van der Waals surface area contributed by atoms with E-state index in [0.29, 0.717) is 0 Å². The largest absolute Gasteiger partial charge is 0.480 e. The lowest BCUT2D eigenvalue weighted by Gasteiger charge is -2.21. The van der Waals surface area contributed by atoms with Crippen molar-refractivity contribution in [2.24, 2.45) is 5.92 Å². The Kier molecular flexibility index (Phi) is 7.27. The SMILES string of the molecule is CCC(C)NC(=O)C(C)SC(C(=O)O)C(C)C. The summed E-state index contributed by atoms with van der Waals surface area (Å²) in [6, 6.07) is 0.132. The number of amides is 1. The van der Waals surface area contributed by atoms with E-state index in [-0.39, 0.29) is 23.1 Å². The molecule has 0 saturated carbocycles. The normalized spacial score (nSPS) is 16.4. The Morgan fingerprint density at radius 2 is 1.76 bits per heavy atom. The van der Waals surface area contributed by atoms with Gasteiger partial charge in [0, 0.05) is 6.04 Å². The highest BCUT2D eigenvalue weighted by Crippen LogP contribution is 2.24. The predicted molar refractivity (Wildman–Crippen MR) is 71.2 cm³/mol. The van der Waals surface area contributed by atoms with Crippen molar-refractivity contribution in [3.8, 4) is 0 Å². The van der Waals surface area contributed by atoms with E-state index in [2.05, 4.69) is 5.32 Å². The van der Waals surface area contributed by atoms with E-state index in [0.717, 1.165) is 6.42 Å². The quantitative estimate of drug-likeness (QED) is 0.737. The third-order valence-corrected chi connectivity index (χ3v) is 4.23. The van der Waals surface area contributed by atoms with E-state index < -0.39 is 11.2 Å². The molecule has 3 atom stereocenters. The fourth-order valence-electron chi connectivity index (χ4n) is 1.24. The van der Waals surface area contributed by atoms with Gasteiger partial charge in [-0.15, -0.1) is 11.8 Å². The summed E-state index contributed by atoms with van der Waals surface area (Å²) in [4.78, 5) is 22.8. The van der Waals surface area contributed by atoms with Gasteiger partial charge in [0.25, 0.3) is 0 Å². The first-order valence-electron chi connectivity index (χ1n) is 5.98. The minimum atomic E-state index is -0.854. The van der Waals surface area contributed by atoms with Gasteiger partial charge in [-0.1, -0.05) is 20.8 Å². The van der Waals surface area contributed by atoms with Crippen LogP contribution in [0.15, 0.2) is 0 Å². The molecular formula is C12H23NO3S. The van der Waals surface area contributed by atoms with Crippen molar-refractivity contribution in [3.05, 3.63) is 0 Å². The van der Waals surface area contributed by atoms with E-state index in [1.165, 1.54) is 11.8 Å². The Balaban J connectivity index is 4.35. The molecule has 0 aliphatic heterocycles. The number of nitrogens with one attached hydrogen (secondary N) is 1. The van der Waals surface area contributed by atoms with Crippen molar-refractivity contribution in [1.82, 2.24) is 5.32 Å². The monoisotopic (exact) mass is 261 g/mol. The predicted octanol–water partition coefficient (Wildman–Crippen LogP) is 2.13. The van der Waals surface area contributed by atoms with Crippen molar-refractivity contribution in [1.29, 1.82) is 0 Å². The molecule has 0 rings (SSSR count). The van der Waals surface area contributed by atoms with Gasteiger partial charge in [0.05, 0.1) is 5.25 Å². The average molecular weight is 261 g/mol. The van der Waals surface area contributed by atoms with E-state index in [4.69, 9.17) is 5.11 Å². The van der Waals surface area contributed by atoms with Gasteiger partial charge in [0.2, 0.25) is 5.91 Å². The van der Waals surface area contributed by atoms with Crippen molar-refractivity contribution in [3.63, 3.8) is 0 Å². The summed E-state index contributed by atoms with van der Waals surface area (Å²) in [5.41, 5.74) is 0. The zero-order chi connectivity index (χ0) is 13.6. The third kappa shape index (κ3) is 5.96. The van der Waals surface area contributed by atoms with Crippen LogP contribution < -0.4 is 5.32 Å². The highest BCUT2D eigenvalue weighted by Gasteiger charge is 2.27. The number of hydrogen-bond acceptors (Lipinski definition) is 3. The number of hydrogen-bond donors (Lipinski definition) is 2. The molecule has 0 saturated heterocycles. The van der Waals surface area contributed by atoms with Gasteiger partial charge in [-0.2, -0.15) is 0 Å². The Morgan fingerprint density at radius 1 is 1.24 bits per heavy atom. The minimum absolute atomic E-state index is 0.0105. The van der Waals surface area contributed by atoms with Crippen LogP contribution in [0.1, 0.15) is 41.0 Å². The molecule has 0 aromatic carbocycles. The summed E-state index contributed by atoms with van der Waals surface area (Å²) in [6.07, 6.45) is 0.871. The fourth-order valence-corrected chi connectivity index (χ4v) is 2.31. The Hall–Kier alpha value is -0.710. The summed E-state index contributed by atoms with van der Waals surface area (Å²) in [5, 5.41) is 11.0. The van der Waals surface area contributed by atoms with Crippen LogP contribution in [-0.4, -0.2) is 33.5 Å². The third-order valence-electron chi connectivity index (χ3n) is 2.57. The molecule has 2 N–H and O–H groups in total. The first kappa shape index (κ1) is 16.3. The molecular weight excluding hydrogens is 238 g/mol. The highest BCUT2D eigenvalue weighted by atomic mass is 32.2. The second-order valence-corrected chi connectivity index (χ2v) is 6.09. The molecule has 1 amide bonds. The van der Waals surface area contributed by atoms with Gasteiger partial charge in [0.15, 0.2) is 0 Å². The zero-order valence-corrected chi connectivity index (χ0v) is 12.0. The summed E-state index contributed by atoms with van der Waals surface area (Å²) >= 11 is 1.21. The first-order chi connectivity index (χ1) is 7.79. The Labute approximate surface area is 108 Å². The second-order valence-electron chi connectivity index (χ2n) is 4.60. The van der Waals surface area contributed by atoms with Gasteiger partial charge in [-0.3, -0.25) is 9.59 Å². The molecule has 0 aromatic rings. The summed E-state index contributed by atoms with van der Waals surface area (Å²) in [6.45, 7) is 9.39. The maximum absolute atomic E-state index is 11.8. The van der Waals surface area contributed by atoms with Crippen molar-refractivity contribution in [2.75, 3.05) is 0 Å². The molecule has 3 unspecified atom stereocenters. The van der Waals surface area contributed by atoms with E-state index in [1.54, 1.807) is 6.92 Å². The molecule has 0 spiro atoms. The number of carboxylic acids is 1. The summed E-state index contributed by atoms with van der Waals surface area (Å²) in [5.74, 6) is -0.930. The number of carboxylic acid groups (broad SMARTS) is 1. The highest BCUT2D eigenvalue weighted by molar-refractivity contribution is 8.01. The van der Waals surface area contributed by atoms with E-state index in [1.807, 2.05) is 27.7 Å². The van der Waals surface area contributed by atoms with Crippen LogP contribution >= 0.6 is 11.8 Å². The molecule has 0 aliphatic rings. The maximum Gasteiger partial charge on any atom is 0.316 e. The van der Waals surface area contributed by atoms with Crippen molar-refractivity contribution >= 4 is 23.6 Å². The van der Waals surface area contributed by atoms with Crippen molar-refractivity contribution < 1.29 is 14.7 Å². The zero-order valence-electron chi connectivity index (χ0n) is 11.2. The second kappa shape index (κ2) is 7.58. The topological polar surface area (TPSA) is 66.4 Å². The lowest BCUT2D eigenvalue weighted by molar-refractivity contribution is -0.137. The van der Waals surface area contributed by atoms with Crippen LogP contribution in [0.5, 0.6) is 0 Å². The Morgan fingerprint density at radius 3 is 2.12 bits per heavy atom. The smallest absolute Gasteiger partial charge is 0.316 e. The first-order valence-corrected chi connectivity index (χ1v) is 6.92. The van der Waals surface area contributed by atoms with Gasteiger partial charge in [-0.05, 0) is 26.2 Å². The molecule has 0 fully saturated rings. The molecule has 100 valence electrons. The van der Waals surface area contributed by atoms with Crippen molar-refractivity contribution in [2.45, 2.75) is 57.6 Å². The molecule has 17 heavy (non-hydrogen) atoms. The lowest BCUT2D eigenvalue weighted by atomic mass is 10.1. The summed E-state index contributed by atoms with van der Waals surface area (Å²) in [7, 11) is 0. The molecule has 0 heterocycles. The molecule has 0 radical (unpaired) electrons. The number of carbonyl (C=O) groups excluding carboxylic acids is 1. The number of aliphatic carboxylic acids is 1. The van der Waals surface area contributed by atoms with Gasteiger partial charge >= 0.3 is 5.97 Å². The van der Waals surface area contributed by atoms with Crippen LogP contribution in [0.3, 0.4) is 0 Å². The standard InChI is InChI=1S/C12H23NO3S/c1-6-8(4)13-11(14)9(5)17-10(7(2)3)12(15)16/h7-10H,6H2,1-5H3,(H,13,14)(H,15,16). The number of rotatable bonds is 7. The number of thioether (sulfide) groups is 1. The maximum atomic E-state index is 11.8. The van der Waals surface area contributed by atoms with Crippen LogP contribution in [0.25, 0.3) is 0 Å². The lowest BCUT2D eigenvalue weighted by Crippen LogP contribution is -2.39. The van der Waals surface area contributed by atoms with Crippen LogP contribution in [0, 0.1) is 5.92 Å². The molecule has 0 aliphatic carbocycles. The Bertz CT molecular complexity index is 268. The summed E-state index contributed by atoms with van der Waals surface area (Å²) < 4.78 is 0.